The van der Waals surface area contributed by atoms with Gasteiger partial charge < -0.3 is 9.80 Å². The van der Waals surface area contributed by atoms with Gasteiger partial charge in [-0.25, -0.2) is 0 Å². The number of quaternary nitrogens is 1. The number of nitrogens with zero attached hydrogens (tertiary/aromatic N) is 1. The molecule has 0 aromatic heterocycles. The van der Waals surface area contributed by atoms with Crippen molar-refractivity contribution in [1.29, 1.82) is 0 Å². The second kappa shape index (κ2) is 7.03. The third kappa shape index (κ3) is 4.02. The summed E-state index contributed by atoms with van der Waals surface area (Å²) < 4.78 is 37.8. The molecule has 0 radical (unpaired) electrons. The molecule has 0 aliphatic carbocycles. The van der Waals surface area contributed by atoms with Crippen LogP contribution in [0, 0.1) is 0 Å². The maximum atomic E-state index is 12.6. The zero-order valence-corrected chi connectivity index (χ0v) is 13.9. The zero-order chi connectivity index (χ0) is 17.2. The standard InChI is InChI=1S/C18H18ClF3N2/c19-16-3-1-2-4-17(16)24-11-9-23(10-12-24)13-14-5-7-15(8-6-14)18(20,21)22/h1-8H,9-13H2/p+1. The summed E-state index contributed by atoms with van der Waals surface area (Å²) in [7, 11) is 0. The summed E-state index contributed by atoms with van der Waals surface area (Å²) in [6.45, 7) is 4.40. The predicted molar refractivity (Wildman–Crippen MR) is 89.5 cm³/mol. The number of nitrogens with one attached hydrogen (secondary N) is 1. The number of benzene rings is 2. The van der Waals surface area contributed by atoms with Gasteiger partial charge in [-0.1, -0.05) is 35.9 Å². The van der Waals surface area contributed by atoms with Gasteiger partial charge >= 0.3 is 6.18 Å². The fourth-order valence-electron chi connectivity index (χ4n) is 3.05. The van der Waals surface area contributed by atoms with Crippen LogP contribution in [0.4, 0.5) is 18.9 Å². The van der Waals surface area contributed by atoms with Crippen molar-refractivity contribution >= 4 is 17.3 Å². The number of piperazine rings is 1. The molecule has 6 heteroatoms. The Hall–Kier alpha value is -1.72. The lowest BCUT2D eigenvalue weighted by Gasteiger charge is -2.34. The highest BCUT2D eigenvalue weighted by Gasteiger charge is 2.30. The number of rotatable bonds is 3. The van der Waals surface area contributed by atoms with Crippen LogP contribution in [0.25, 0.3) is 0 Å². The second-order valence-corrected chi connectivity index (χ2v) is 6.47. The van der Waals surface area contributed by atoms with Crippen LogP contribution in [0.15, 0.2) is 48.5 Å². The third-order valence-electron chi connectivity index (χ3n) is 4.40. The van der Waals surface area contributed by atoms with Crippen LogP contribution in [0.5, 0.6) is 0 Å². The Kier molecular flexibility index (Phi) is 5.01. The smallest absolute Gasteiger partial charge is 0.359 e. The fraction of sp³-hybridized carbons (Fsp3) is 0.333. The SMILES string of the molecule is FC(F)(F)c1ccc(C[NH+]2CCN(c3ccccc3Cl)CC2)cc1. The van der Waals surface area contributed by atoms with Crippen molar-refractivity contribution in [2.75, 3.05) is 31.1 Å². The van der Waals surface area contributed by atoms with Gasteiger partial charge in [-0.15, -0.1) is 0 Å². The quantitative estimate of drug-likeness (QED) is 0.888. The average molecular weight is 356 g/mol. The molecule has 0 atom stereocenters. The monoisotopic (exact) mass is 355 g/mol. The minimum atomic E-state index is -4.27. The zero-order valence-electron chi connectivity index (χ0n) is 13.1. The van der Waals surface area contributed by atoms with Crippen LogP contribution >= 0.6 is 11.6 Å². The summed E-state index contributed by atoms with van der Waals surface area (Å²) in [4.78, 5) is 3.64. The number of anilines is 1. The molecular weight excluding hydrogens is 337 g/mol. The minimum absolute atomic E-state index is 0.593. The summed E-state index contributed by atoms with van der Waals surface area (Å²) in [5.74, 6) is 0. The molecular formula is C18H19ClF3N2+. The lowest BCUT2D eigenvalue weighted by atomic mass is 10.1. The summed E-state index contributed by atoms with van der Waals surface area (Å²) in [5, 5.41) is 0.753. The number of hydrogen-bond donors (Lipinski definition) is 1. The molecule has 0 amide bonds. The lowest BCUT2D eigenvalue weighted by Crippen LogP contribution is -3.13. The number of alkyl halides is 3. The molecule has 3 rings (SSSR count). The van der Waals surface area contributed by atoms with Gasteiger partial charge in [0.1, 0.15) is 6.54 Å². The Balaban J connectivity index is 1.57. The molecule has 0 spiro atoms. The van der Waals surface area contributed by atoms with Gasteiger partial charge in [0.15, 0.2) is 0 Å². The normalized spacial score (nSPS) is 16.4. The van der Waals surface area contributed by atoms with Gasteiger partial charge in [-0.05, 0) is 24.3 Å². The van der Waals surface area contributed by atoms with Crippen LogP contribution in [0.2, 0.25) is 5.02 Å². The molecule has 1 fully saturated rings. The van der Waals surface area contributed by atoms with E-state index < -0.39 is 11.7 Å². The first-order valence-electron chi connectivity index (χ1n) is 7.92. The molecule has 24 heavy (non-hydrogen) atoms. The van der Waals surface area contributed by atoms with Gasteiger partial charge in [-0.3, -0.25) is 0 Å². The second-order valence-electron chi connectivity index (χ2n) is 6.06. The van der Waals surface area contributed by atoms with E-state index in [1.165, 1.54) is 4.90 Å². The van der Waals surface area contributed by atoms with E-state index in [0.29, 0.717) is 0 Å². The molecule has 0 bridgehead atoms. The van der Waals surface area contributed by atoms with E-state index in [1.807, 2.05) is 24.3 Å². The highest BCUT2D eigenvalue weighted by Crippen LogP contribution is 2.29. The topological polar surface area (TPSA) is 7.68 Å². The molecule has 1 heterocycles. The van der Waals surface area contributed by atoms with Gasteiger partial charge in [0, 0.05) is 5.56 Å². The summed E-state index contributed by atoms with van der Waals surface area (Å²) in [6, 6.07) is 13.3. The first-order chi connectivity index (χ1) is 11.4. The Morgan fingerprint density at radius 3 is 2.17 bits per heavy atom. The Morgan fingerprint density at radius 2 is 1.58 bits per heavy atom. The lowest BCUT2D eigenvalue weighted by molar-refractivity contribution is -0.914. The maximum Gasteiger partial charge on any atom is 0.416 e. The first kappa shape index (κ1) is 17.1. The molecule has 1 aliphatic rings. The fourth-order valence-corrected chi connectivity index (χ4v) is 3.30. The van der Waals surface area contributed by atoms with Crippen molar-refractivity contribution in [3.05, 3.63) is 64.7 Å². The van der Waals surface area contributed by atoms with Crippen LogP contribution in [-0.4, -0.2) is 26.2 Å². The van der Waals surface area contributed by atoms with Crippen molar-refractivity contribution in [3.8, 4) is 0 Å². The van der Waals surface area contributed by atoms with E-state index >= 15 is 0 Å². The molecule has 2 aromatic rings. The van der Waals surface area contributed by atoms with Crippen LogP contribution in [0.3, 0.4) is 0 Å². The average Bonchev–Trinajstić information content (AvgIpc) is 2.56. The van der Waals surface area contributed by atoms with Crippen molar-refractivity contribution in [2.45, 2.75) is 12.7 Å². The van der Waals surface area contributed by atoms with Crippen molar-refractivity contribution in [2.24, 2.45) is 0 Å². The molecule has 128 valence electrons. The number of para-hydroxylation sites is 1. The molecule has 1 saturated heterocycles. The van der Waals surface area contributed by atoms with Gasteiger partial charge in [0.2, 0.25) is 0 Å². The molecule has 0 unspecified atom stereocenters. The minimum Gasteiger partial charge on any atom is -0.359 e. The maximum absolute atomic E-state index is 12.6. The van der Waals surface area contributed by atoms with Crippen molar-refractivity contribution < 1.29 is 18.1 Å². The van der Waals surface area contributed by atoms with Crippen LogP contribution in [-0.2, 0) is 12.7 Å². The number of halogens is 4. The van der Waals surface area contributed by atoms with Crippen LogP contribution < -0.4 is 9.80 Å². The van der Waals surface area contributed by atoms with Gasteiger partial charge in [0.25, 0.3) is 0 Å². The van der Waals surface area contributed by atoms with Crippen molar-refractivity contribution in [3.63, 3.8) is 0 Å². The Morgan fingerprint density at radius 1 is 0.958 bits per heavy atom. The Bertz CT molecular complexity index is 677. The van der Waals surface area contributed by atoms with E-state index in [0.717, 1.165) is 61.1 Å². The summed E-state index contributed by atoms with van der Waals surface area (Å²) in [6.07, 6.45) is -4.27. The third-order valence-corrected chi connectivity index (χ3v) is 4.72. The summed E-state index contributed by atoms with van der Waals surface area (Å²) >= 11 is 6.23. The van der Waals surface area contributed by atoms with Crippen molar-refractivity contribution in [1.82, 2.24) is 0 Å². The van der Waals surface area contributed by atoms with E-state index in [-0.39, 0.29) is 0 Å². The molecule has 0 saturated carbocycles. The van der Waals surface area contributed by atoms with E-state index in [4.69, 9.17) is 11.6 Å². The molecule has 2 nitrogen and oxygen atoms in total. The molecule has 2 aromatic carbocycles. The predicted octanol–water partition coefficient (Wildman–Crippen LogP) is 3.26. The first-order valence-corrected chi connectivity index (χ1v) is 8.30. The highest BCUT2D eigenvalue weighted by atomic mass is 35.5. The van der Waals surface area contributed by atoms with E-state index in [2.05, 4.69) is 4.90 Å². The molecule has 1 N–H and O–H groups in total. The Labute approximate surface area is 144 Å². The van der Waals surface area contributed by atoms with E-state index in [1.54, 1.807) is 12.1 Å². The largest absolute Gasteiger partial charge is 0.416 e. The van der Waals surface area contributed by atoms with Crippen LogP contribution in [0.1, 0.15) is 11.1 Å². The number of hydrogen-bond acceptors (Lipinski definition) is 1. The van der Waals surface area contributed by atoms with E-state index in [9.17, 15) is 13.2 Å². The van der Waals surface area contributed by atoms with Gasteiger partial charge in [-0.2, -0.15) is 13.2 Å². The molecule has 1 aliphatic heterocycles. The van der Waals surface area contributed by atoms with Gasteiger partial charge in [0.05, 0.1) is 42.5 Å². The highest BCUT2D eigenvalue weighted by molar-refractivity contribution is 6.33. The summed E-state index contributed by atoms with van der Waals surface area (Å²) in [5.41, 5.74) is 1.39.